The third-order valence-electron chi connectivity index (χ3n) is 3.16. The lowest BCUT2D eigenvalue weighted by atomic mass is 10.0. The summed E-state index contributed by atoms with van der Waals surface area (Å²) in [7, 11) is 0. The van der Waals surface area contributed by atoms with Crippen LogP contribution in [0.4, 0.5) is 0 Å². The van der Waals surface area contributed by atoms with Crippen LogP contribution in [0.25, 0.3) is 33.1 Å². The van der Waals surface area contributed by atoms with E-state index in [0.717, 1.165) is 22.2 Å². The number of aromatic amines is 1. The molecular weight excluding hydrogens is 226 g/mol. The normalized spacial score (nSPS) is 11.3. The number of benzene rings is 2. The number of hydrogen-bond acceptors (Lipinski definition) is 3. The van der Waals surface area contributed by atoms with Gasteiger partial charge in [0.2, 0.25) is 0 Å². The summed E-state index contributed by atoms with van der Waals surface area (Å²) in [6.45, 7) is 0. The van der Waals surface area contributed by atoms with Gasteiger partial charge >= 0.3 is 0 Å². The monoisotopic (exact) mass is 235 g/mol. The van der Waals surface area contributed by atoms with Gasteiger partial charge in [-0.25, -0.2) is 0 Å². The highest BCUT2D eigenvalue weighted by atomic mass is 16.5. The first-order chi connectivity index (χ1) is 8.93. The largest absolute Gasteiger partial charge is 0.361 e. The molecule has 4 rings (SSSR count). The Hall–Kier alpha value is -2.62. The molecule has 2 heterocycles. The first-order valence-corrected chi connectivity index (χ1v) is 5.71. The molecular formula is C14H9N3O. The second-order valence-corrected chi connectivity index (χ2v) is 4.17. The molecule has 0 amide bonds. The fourth-order valence-electron chi connectivity index (χ4n) is 2.32. The molecule has 0 radical (unpaired) electrons. The minimum absolute atomic E-state index is 0.706. The molecule has 0 spiro atoms. The number of rotatable bonds is 1. The van der Waals surface area contributed by atoms with Crippen molar-refractivity contribution in [2.24, 2.45) is 0 Å². The molecule has 2 aromatic heterocycles. The minimum Gasteiger partial charge on any atom is -0.361 e. The first kappa shape index (κ1) is 9.41. The van der Waals surface area contributed by atoms with Gasteiger partial charge in [0.15, 0.2) is 5.58 Å². The van der Waals surface area contributed by atoms with Crippen molar-refractivity contribution in [1.82, 2.24) is 15.4 Å². The minimum atomic E-state index is 0.706. The van der Waals surface area contributed by atoms with Crippen LogP contribution < -0.4 is 0 Å². The van der Waals surface area contributed by atoms with Crippen LogP contribution in [0.3, 0.4) is 0 Å². The van der Waals surface area contributed by atoms with Crippen LogP contribution in [0, 0.1) is 0 Å². The molecule has 0 aliphatic rings. The number of H-pyrrole nitrogens is 1. The molecule has 86 valence electrons. The van der Waals surface area contributed by atoms with E-state index in [4.69, 9.17) is 4.52 Å². The summed E-state index contributed by atoms with van der Waals surface area (Å²) in [4.78, 5) is 3.26. The lowest BCUT2D eigenvalue weighted by Crippen LogP contribution is -1.78. The number of nitrogens with one attached hydrogen (secondary N) is 1. The molecule has 4 nitrogen and oxygen atoms in total. The fourth-order valence-corrected chi connectivity index (χ4v) is 2.32. The van der Waals surface area contributed by atoms with E-state index < -0.39 is 0 Å². The topological polar surface area (TPSA) is 54.7 Å². The molecule has 4 aromatic rings. The van der Waals surface area contributed by atoms with Crippen molar-refractivity contribution in [3.63, 3.8) is 0 Å². The van der Waals surface area contributed by atoms with Crippen molar-refractivity contribution in [3.8, 4) is 11.1 Å². The Morgan fingerprint density at radius 3 is 2.89 bits per heavy atom. The van der Waals surface area contributed by atoms with Gasteiger partial charge in [0.05, 0.1) is 0 Å². The van der Waals surface area contributed by atoms with Crippen LogP contribution >= 0.6 is 0 Å². The standard InChI is InChI=1S/C14H9N3O/c1-2-6-12-9(4-1)11(8-15-12)10-5-3-7-13-14(10)16-17-18-13/h1-8,15H. The lowest BCUT2D eigenvalue weighted by Gasteiger charge is -1.99. The SMILES string of the molecule is c1ccc2c(-c3cccc4onnc34)c[nH]c2c1. The number of fused-ring (bicyclic) bond motifs is 2. The Balaban J connectivity index is 2.10. The Labute approximate surface area is 102 Å². The fraction of sp³-hybridized carbons (Fsp3) is 0. The van der Waals surface area contributed by atoms with E-state index in [1.54, 1.807) is 0 Å². The maximum Gasteiger partial charge on any atom is 0.188 e. The smallest absolute Gasteiger partial charge is 0.188 e. The summed E-state index contributed by atoms with van der Waals surface area (Å²) < 4.78 is 5.10. The molecule has 1 N–H and O–H groups in total. The van der Waals surface area contributed by atoms with E-state index in [0.29, 0.717) is 5.58 Å². The van der Waals surface area contributed by atoms with E-state index in [1.165, 1.54) is 5.39 Å². The number of aromatic nitrogens is 3. The number of para-hydroxylation sites is 1. The Morgan fingerprint density at radius 1 is 0.944 bits per heavy atom. The highest BCUT2D eigenvalue weighted by molar-refractivity contribution is 6.02. The zero-order valence-corrected chi connectivity index (χ0v) is 9.42. The van der Waals surface area contributed by atoms with Gasteiger partial charge in [-0.05, 0) is 12.1 Å². The molecule has 4 heteroatoms. The number of nitrogens with zero attached hydrogens (tertiary/aromatic N) is 2. The molecule has 0 aliphatic carbocycles. The second kappa shape index (κ2) is 3.43. The summed E-state index contributed by atoms with van der Waals surface area (Å²) in [5.74, 6) is 0. The van der Waals surface area contributed by atoms with Gasteiger partial charge < -0.3 is 9.51 Å². The number of hydrogen-bond donors (Lipinski definition) is 1. The Bertz CT molecular complexity index is 844. The molecule has 0 saturated heterocycles. The summed E-state index contributed by atoms with van der Waals surface area (Å²) in [5, 5.41) is 8.84. The maximum absolute atomic E-state index is 5.10. The Morgan fingerprint density at radius 2 is 1.89 bits per heavy atom. The molecule has 0 bridgehead atoms. The van der Waals surface area contributed by atoms with Crippen LogP contribution in [-0.2, 0) is 0 Å². The molecule has 18 heavy (non-hydrogen) atoms. The van der Waals surface area contributed by atoms with Gasteiger partial charge in [0, 0.05) is 33.5 Å². The van der Waals surface area contributed by atoms with Crippen molar-refractivity contribution in [3.05, 3.63) is 48.7 Å². The third kappa shape index (κ3) is 1.20. The summed E-state index contributed by atoms with van der Waals surface area (Å²) in [6, 6.07) is 14.0. The predicted molar refractivity (Wildman–Crippen MR) is 69.1 cm³/mol. The maximum atomic E-state index is 5.10. The first-order valence-electron chi connectivity index (χ1n) is 5.71. The van der Waals surface area contributed by atoms with Gasteiger partial charge in [-0.1, -0.05) is 30.3 Å². The van der Waals surface area contributed by atoms with Crippen molar-refractivity contribution >= 4 is 22.0 Å². The lowest BCUT2D eigenvalue weighted by molar-refractivity contribution is 0.424. The molecule has 0 saturated carbocycles. The van der Waals surface area contributed by atoms with Crippen molar-refractivity contribution < 1.29 is 4.52 Å². The quantitative estimate of drug-likeness (QED) is 0.550. The van der Waals surface area contributed by atoms with Crippen molar-refractivity contribution in [2.75, 3.05) is 0 Å². The molecule has 2 aromatic carbocycles. The van der Waals surface area contributed by atoms with Crippen LogP contribution in [-0.4, -0.2) is 15.4 Å². The van der Waals surface area contributed by atoms with Gasteiger partial charge in [-0.2, -0.15) is 0 Å². The van der Waals surface area contributed by atoms with Gasteiger partial charge in [-0.3, -0.25) is 0 Å². The molecule has 0 atom stereocenters. The van der Waals surface area contributed by atoms with Gasteiger partial charge in [0.25, 0.3) is 0 Å². The van der Waals surface area contributed by atoms with E-state index >= 15 is 0 Å². The molecule has 0 aliphatic heterocycles. The zero-order valence-electron chi connectivity index (χ0n) is 9.42. The molecule has 0 fully saturated rings. The average Bonchev–Trinajstić information content (AvgIpc) is 3.05. The van der Waals surface area contributed by atoms with Crippen LogP contribution in [0.1, 0.15) is 0 Å². The van der Waals surface area contributed by atoms with E-state index in [2.05, 4.69) is 27.5 Å². The van der Waals surface area contributed by atoms with Crippen LogP contribution in [0.2, 0.25) is 0 Å². The van der Waals surface area contributed by atoms with Gasteiger partial charge in [-0.15, -0.1) is 5.10 Å². The summed E-state index contributed by atoms with van der Waals surface area (Å²) in [6.07, 6.45) is 1.99. The summed E-state index contributed by atoms with van der Waals surface area (Å²) >= 11 is 0. The Kier molecular flexibility index (Phi) is 1.80. The van der Waals surface area contributed by atoms with E-state index in [1.807, 2.05) is 36.5 Å². The van der Waals surface area contributed by atoms with Gasteiger partial charge in [0.1, 0.15) is 5.52 Å². The third-order valence-corrected chi connectivity index (χ3v) is 3.16. The highest BCUT2D eigenvalue weighted by Gasteiger charge is 2.11. The zero-order chi connectivity index (χ0) is 11.9. The van der Waals surface area contributed by atoms with Crippen LogP contribution in [0.15, 0.2) is 53.2 Å². The van der Waals surface area contributed by atoms with Crippen molar-refractivity contribution in [1.29, 1.82) is 0 Å². The van der Waals surface area contributed by atoms with Crippen molar-refractivity contribution in [2.45, 2.75) is 0 Å². The summed E-state index contributed by atoms with van der Waals surface area (Å²) in [5.41, 5.74) is 4.76. The van der Waals surface area contributed by atoms with E-state index in [9.17, 15) is 0 Å². The van der Waals surface area contributed by atoms with E-state index in [-0.39, 0.29) is 0 Å². The van der Waals surface area contributed by atoms with Crippen LogP contribution in [0.5, 0.6) is 0 Å². The average molecular weight is 235 g/mol. The molecule has 0 unspecified atom stereocenters. The second-order valence-electron chi connectivity index (χ2n) is 4.17. The predicted octanol–water partition coefficient (Wildman–Crippen LogP) is 3.37. The highest BCUT2D eigenvalue weighted by Crippen LogP contribution is 2.32.